The van der Waals surface area contributed by atoms with E-state index in [0.29, 0.717) is 5.92 Å². The molecule has 1 unspecified atom stereocenters. The number of ether oxygens (including phenoxy) is 1. The molecule has 20 heavy (non-hydrogen) atoms. The fourth-order valence-electron chi connectivity index (χ4n) is 2.71. The Morgan fingerprint density at radius 3 is 2.95 bits per heavy atom. The normalized spacial score (nSPS) is 17.2. The second-order valence-corrected chi connectivity index (χ2v) is 6.19. The summed E-state index contributed by atoms with van der Waals surface area (Å²) in [6.45, 7) is 3.86. The topological polar surface area (TPSA) is 21.3 Å². The second kappa shape index (κ2) is 5.88. The minimum absolute atomic E-state index is 0.513. The number of benzene rings is 2. The van der Waals surface area contributed by atoms with Gasteiger partial charge in [0.25, 0.3) is 0 Å². The fourth-order valence-corrected chi connectivity index (χ4v) is 3.32. The van der Waals surface area contributed by atoms with Gasteiger partial charge in [-0.15, -0.1) is 0 Å². The van der Waals surface area contributed by atoms with Gasteiger partial charge in [-0.05, 0) is 48.7 Å². The number of fused-ring (bicyclic) bond motifs is 1. The Kier molecular flexibility index (Phi) is 3.97. The molecule has 1 heterocycles. The van der Waals surface area contributed by atoms with E-state index in [1.165, 1.54) is 16.8 Å². The maximum absolute atomic E-state index is 5.71. The molecule has 2 aromatic rings. The fraction of sp³-hybridized carbons (Fsp3) is 0.294. The van der Waals surface area contributed by atoms with Gasteiger partial charge in [-0.25, -0.2) is 0 Å². The van der Waals surface area contributed by atoms with Crippen LogP contribution in [-0.4, -0.2) is 13.2 Å². The van der Waals surface area contributed by atoms with E-state index in [1.54, 1.807) is 0 Å². The van der Waals surface area contributed by atoms with Gasteiger partial charge in [-0.1, -0.05) is 34.1 Å². The molecule has 2 nitrogen and oxygen atoms in total. The Hall–Kier alpha value is -1.48. The summed E-state index contributed by atoms with van der Waals surface area (Å²) in [4.78, 5) is 0. The van der Waals surface area contributed by atoms with Crippen molar-refractivity contribution in [2.75, 3.05) is 18.5 Å². The van der Waals surface area contributed by atoms with E-state index in [0.717, 1.165) is 29.8 Å². The standard InChI is InChI=1S/C17H18BrNO/c1-12-8-14(18)10-15(9-12)19-11-13-6-7-20-17-5-3-2-4-16(13)17/h2-5,8-10,13,19H,6-7,11H2,1H3. The van der Waals surface area contributed by atoms with Gasteiger partial charge >= 0.3 is 0 Å². The van der Waals surface area contributed by atoms with Gasteiger partial charge < -0.3 is 10.1 Å². The van der Waals surface area contributed by atoms with Gasteiger partial charge in [-0.3, -0.25) is 0 Å². The molecule has 0 saturated heterocycles. The Morgan fingerprint density at radius 2 is 2.10 bits per heavy atom. The highest BCUT2D eigenvalue weighted by Gasteiger charge is 2.20. The van der Waals surface area contributed by atoms with Crippen molar-refractivity contribution in [1.29, 1.82) is 0 Å². The lowest BCUT2D eigenvalue weighted by Crippen LogP contribution is -2.20. The van der Waals surface area contributed by atoms with Crippen molar-refractivity contribution < 1.29 is 4.74 Å². The molecule has 0 amide bonds. The molecule has 0 spiro atoms. The lowest BCUT2D eigenvalue weighted by atomic mass is 9.93. The summed E-state index contributed by atoms with van der Waals surface area (Å²) in [5.74, 6) is 1.55. The third-order valence-corrected chi connectivity index (χ3v) is 4.14. The van der Waals surface area contributed by atoms with E-state index in [1.807, 2.05) is 6.07 Å². The highest BCUT2D eigenvalue weighted by Crippen LogP contribution is 2.33. The number of halogens is 1. The summed E-state index contributed by atoms with van der Waals surface area (Å²) in [5.41, 5.74) is 3.74. The zero-order valence-electron chi connectivity index (χ0n) is 11.5. The van der Waals surface area contributed by atoms with Gasteiger partial charge in [0.15, 0.2) is 0 Å². The summed E-state index contributed by atoms with van der Waals surface area (Å²) >= 11 is 3.54. The molecule has 1 atom stereocenters. The molecule has 3 heteroatoms. The van der Waals surface area contributed by atoms with Crippen LogP contribution < -0.4 is 10.1 Å². The molecule has 0 fully saturated rings. The van der Waals surface area contributed by atoms with E-state index in [2.05, 4.69) is 64.6 Å². The first-order valence-electron chi connectivity index (χ1n) is 6.95. The predicted octanol–water partition coefficient (Wildman–Crippen LogP) is 4.74. The van der Waals surface area contributed by atoms with E-state index < -0.39 is 0 Å². The molecule has 1 aliphatic heterocycles. The molecule has 104 valence electrons. The number of anilines is 1. The SMILES string of the molecule is Cc1cc(Br)cc(NCC2CCOc3ccccc32)c1. The largest absolute Gasteiger partial charge is 0.493 e. The maximum Gasteiger partial charge on any atom is 0.122 e. The van der Waals surface area contributed by atoms with Crippen LogP contribution in [0.5, 0.6) is 5.75 Å². The summed E-state index contributed by atoms with van der Waals surface area (Å²) in [5, 5.41) is 3.55. The number of para-hydroxylation sites is 1. The van der Waals surface area contributed by atoms with E-state index in [-0.39, 0.29) is 0 Å². The Labute approximate surface area is 128 Å². The average Bonchev–Trinajstić information content (AvgIpc) is 2.44. The first kappa shape index (κ1) is 13.5. The van der Waals surface area contributed by atoms with Crippen molar-refractivity contribution in [3.63, 3.8) is 0 Å². The molecule has 3 rings (SSSR count). The van der Waals surface area contributed by atoms with Gasteiger partial charge in [-0.2, -0.15) is 0 Å². The Balaban J connectivity index is 1.73. The predicted molar refractivity (Wildman–Crippen MR) is 86.7 cm³/mol. The van der Waals surface area contributed by atoms with Gasteiger partial charge in [0, 0.05) is 22.6 Å². The van der Waals surface area contributed by atoms with Crippen LogP contribution in [0.15, 0.2) is 46.9 Å². The summed E-state index contributed by atoms with van der Waals surface area (Å²) in [7, 11) is 0. The van der Waals surface area contributed by atoms with Crippen molar-refractivity contribution in [3.8, 4) is 5.75 Å². The van der Waals surface area contributed by atoms with Gasteiger partial charge in [0.05, 0.1) is 6.61 Å². The first-order valence-corrected chi connectivity index (χ1v) is 7.74. The zero-order chi connectivity index (χ0) is 13.9. The molecule has 0 radical (unpaired) electrons. The van der Waals surface area contributed by atoms with E-state index in [9.17, 15) is 0 Å². The lowest BCUT2D eigenvalue weighted by molar-refractivity contribution is 0.270. The van der Waals surface area contributed by atoms with Crippen LogP contribution in [0.25, 0.3) is 0 Å². The molecular weight excluding hydrogens is 314 g/mol. The van der Waals surface area contributed by atoms with Crippen molar-refractivity contribution in [3.05, 3.63) is 58.1 Å². The van der Waals surface area contributed by atoms with Crippen LogP contribution in [0.4, 0.5) is 5.69 Å². The molecule has 1 N–H and O–H groups in total. The van der Waals surface area contributed by atoms with Crippen molar-refractivity contribution in [1.82, 2.24) is 0 Å². The van der Waals surface area contributed by atoms with E-state index >= 15 is 0 Å². The maximum atomic E-state index is 5.71. The minimum atomic E-state index is 0.513. The van der Waals surface area contributed by atoms with Crippen LogP contribution in [0.2, 0.25) is 0 Å². The van der Waals surface area contributed by atoms with Crippen LogP contribution >= 0.6 is 15.9 Å². The van der Waals surface area contributed by atoms with Gasteiger partial charge in [0.1, 0.15) is 5.75 Å². The Bertz CT molecular complexity index is 591. The van der Waals surface area contributed by atoms with Crippen molar-refractivity contribution in [2.45, 2.75) is 19.3 Å². The molecular formula is C17H18BrNO. The van der Waals surface area contributed by atoms with Crippen LogP contribution in [0.1, 0.15) is 23.5 Å². The third kappa shape index (κ3) is 2.98. The smallest absolute Gasteiger partial charge is 0.122 e. The number of nitrogens with one attached hydrogen (secondary N) is 1. The summed E-state index contributed by atoms with van der Waals surface area (Å²) < 4.78 is 6.83. The average molecular weight is 332 g/mol. The van der Waals surface area contributed by atoms with Crippen LogP contribution in [0.3, 0.4) is 0 Å². The van der Waals surface area contributed by atoms with Gasteiger partial charge in [0.2, 0.25) is 0 Å². The number of hydrogen-bond donors (Lipinski definition) is 1. The molecule has 1 aliphatic rings. The summed E-state index contributed by atoms with van der Waals surface area (Å²) in [6.07, 6.45) is 1.07. The number of aryl methyl sites for hydroxylation is 1. The minimum Gasteiger partial charge on any atom is -0.493 e. The summed E-state index contributed by atoms with van der Waals surface area (Å²) in [6, 6.07) is 14.8. The first-order chi connectivity index (χ1) is 9.72. The zero-order valence-corrected chi connectivity index (χ0v) is 13.1. The Morgan fingerprint density at radius 1 is 1.25 bits per heavy atom. The third-order valence-electron chi connectivity index (χ3n) is 3.68. The van der Waals surface area contributed by atoms with Crippen molar-refractivity contribution >= 4 is 21.6 Å². The van der Waals surface area contributed by atoms with Crippen molar-refractivity contribution in [2.24, 2.45) is 0 Å². The molecule has 0 aromatic heterocycles. The molecule has 2 aromatic carbocycles. The highest BCUT2D eigenvalue weighted by molar-refractivity contribution is 9.10. The quantitative estimate of drug-likeness (QED) is 0.877. The number of hydrogen-bond acceptors (Lipinski definition) is 2. The molecule has 0 bridgehead atoms. The molecule has 0 saturated carbocycles. The van der Waals surface area contributed by atoms with E-state index in [4.69, 9.17) is 4.74 Å². The van der Waals surface area contributed by atoms with Crippen LogP contribution in [-0.2, 0) is 0 Å². The van der Waals surface area contributed by atoms with Crippen LogP contribution in [0, 0.1) is 6.92 Å². The number of rotatable bonds is 3. The second-order valence-electron chi connectivity index (χ2n) is 5.27. The highest BCUT2D eigenvalue weighted by atomic mass is 79.9. The molecule has 0 aliphatic carbocycles. The lowest BCUT2D eigenvalue weighted by Gasteiger charge is -2.26. The monoisotopic (exact) mass is 331 g/mol.